The van der Waals surface area contributed by atoms with Crippen molar-refractivity contribution in [1.29, 1.82) is 0 Å². The smallest absolute Gasteiger partial charge is 0.139 e. The molecule has 5 heteroatoms. The third-order valence-corrected chi connectivity index (χ3v) is 2.44. The van der Waals surface area contributed by atoms with Crippen LogP contribution in [0.5, 0.6) is 0 Å². The third-order valence-electron chi connectivity index (χ3n) is 1.14. The zero-order chi connectivity index (χ0) is 8.97. The van der Waals surface area contributed by atoms with E-state index in [0.29, 0.717) is 9.34 Å². The molecule has 0 aromatic carbocycles. The first-order chi connectivity index (χ1) is 5.72. The molecule has 1 N–H and O–H groups in total. The molecular weight excluding hydrogens is 212 g/mol. The van der Waals surface area contributed by atoms with E-state index in [9.17, 15) is 0 Å². The number of nitrogens with one attached hydrogen (secondary N) is 1. The second kappa shape index (κ2) is 4.64. The summed E-state index contributed by atoms with van der Waals surface area (Å²) in [6, 6.07) is 3.55. The van der Waals surface area contributed by atoms with Gasteiger partial charge in [-0.3, -0.25) is 0 Å². The Kier molecular flexibility index (Phi) is 3.78. The minimum atomic E-state index is 0.621. The highest BCUT2D eigenvalue weighted by Crippen LogP contribution is 2.11. The van der Waals surface area contributed by atoms with Crippen molar-refractivity contribution in [3.05, 3.63) is 23.4 Å². The van der Waals surface area contributed by atoms with Gasteiger partial charge in [0.1, 0.15) is 10.1 Å². The van der Waals surface area contributed by atoms with E-state index in [1.165, 1.54) is 11.8 Å². The summed E-state index contributed by atoms with van der Waals surface area (Å²) in [5.41, 5.74) is 0. The SMILES string of the molecule is CSC(=S)Nc1ccc(Cl)cn1. The maximum Gasteiger partial charge on any atom is 0.139 e. The topological polar surface area (TPSA) is 24.9 Å². The molecule has 2 nitrogen and oxygen atoms in total. The number of pyridine rings is 1. The number of hydrogen-bond donors (Lipinski definition) is 1. The summed E-state index contributed by atoms with van der Waals surface area (Å²) < 4.78 is 0.699. The van der Waals surface area contributed by atoms with Gasteiger partial charge in [0.15, 0.2) is 0 Å². The maximum absolute atomic E-state index is 5.65. The molecule has 1 heterocycles. The van der Waals surface area contributed by atoms with Crippen molar-refractivity contribution in [2.45, 2.75) is 0 Å². The summed E-state index contributed by atoms with van der Waals surface area (Å²) in [5.74, 6) is 0.721. The van der Waals surface area contributed by atoms with Crippen LogP contribution in [0.15, 0.2) is 18.3 Å². The van der Waals surface area contributed by atoms with E-state index < -0.39 is 0 Å². The summed E-state index contributed by atoms with van der Waals surface area (Å²) in [5, 5.41) is 3.56. The van der Waals surface area contributed by atoms with Crippen LogP contribution >= 0.6 is 35.6 Å². The fourth-order valence-corrected chi connectivity index (χ4v) is 1.03. The largest absolute Gasteiger partial charge is 0.326 e. The van der Waals surface area contributed by atoms with Gasteiger partial charge in [0, 0.05) is 6.20 Å². The second-order valence-electron chi connectivity index (χ2n) is 1.98. The van der Waals surface area contributed by atoms with Crippen LogP contribution in [-0.2, 0) is 0 Å². The Morgan fingerprint density at radius 2 is 2.42 bits per heavy atom. The average Bonchev–Trinajstić information content (AvgIpc) is 2.09. The lowest BCUT2D eigenvalue weighted by molar-refractivity contribution is 1.33. The first kappa shape index (κ1) is 9.77. The molecule has 0 radical (unpaired) electrons. The summed E-state index contributed by atoms with van der Waals surface area (Å²) in [6.07, 6.45) is 3.48. The van der Waals surface area contributed by atoms with E-state index in [1.54, 1.807) is 18.3 Å². The van der Waals surface area contributed by atoms with Gasteiger partial charge in [-0.1, -0.05) is 23.8 Å². The Hall–Kier alpha value is -0.320. The lowest BCUT2D eigenvalue weighted by atomic mass is 10.5. The molecule has 0 fully saturated rings. The maximum atomic E-state index is 5.65. The van der Waals surface area contributed by atoms with Gasteiger partial charge in [-0.2, -0.15) is 0 Å². The number of halogens is 1. The molecule has 0 saturated heterocycles. The predicted molar refractivity (Wildman–Crippen MR) is 59.0 cm³/mol. The van der Waals surface area contributed by atoms with Gasteiger partial charge in [-0.05, 0) is 18.4 Å². The van der Waals surface area contributed by atoms with Gasteiger partial charge in [0.2, 0.25) is 0 Å². The highest BCUT2D eigenvalue weighted by Gasteiger charge is 1.95. The van der Waals surface area contributed by atoms with Crippen LogP contribution in [0, 0.1) is 0 Å². The van der Waals surface area contributed by atoms with Crippen molar-refractivity contribution in [1.82, 2.24) is 4.98 Å². The lowest BCUT2D eigenvalue weighted by Crippen LogP contribution is -2.04. The van der Waals surface area contributed by atoms with Crippen LogP contribution in [0.1, 0.15) is 0 Å². The van der Waals surface area contributed by atoms with Crippen LogP contribution in [0.2, 0.25) is 5.02 Å². The second-order valence-corrected chi connectivity index (χ2v) is 3.90. The van der Waals surface area contributed by atoms with Crippen molar-refractivity contribution in [3.63, 3.8) is 0 Å². The standard InChI is InChI=1S/C7H7ClN2S2/c1-12-7(11)10-6-3-2-5(8)4-9-6/h2-4H,1H3,(H,9,10,11). The normalized spacial score (nSPS) is 9.50. The first-order valence-electron chi connectivity index (χ1n) is 3.19. The molecule has 0 amide bonds. The molecule has 64 valence electrons. The molecule has 0 spiro atoms. The molecule has 0 bridgehead atoms. The number of nitrogens with zero attached hydrogens (tertiary/aromatic N) is 1. The summed E-state index contributed by atoms with van der Waals surface area (Å²) in [4.78, 5) is 4.02. The van der Waals surface area contributed by atoms with E-state index in [1.807, 2.05) is 6.26 Å². The van der Waals surface area contributed by atoms with Gasteiger partial charge in [0.25, 0.3) is 0 Å². The molecule has 1 aromatic rings. The summed E-state index contributed by atoms with van der Waals surface area (Å²) >= 11 is 12.1. The Balaban J connectivity index is 2.64. The monoisotopic (exact) mass is 218 g/mol. The quantitative estimate of drug-likeness (QED) is 0.733. The van der Waals surface area contributed by atoms with Gasteiger partial charge in [-0.15, -0.1) is 11.8 Å². The molecule has 0 saturated carbocycles. The van der Waals surface area contributed by atoms with Crippen LogP contribution in [0.4, 0.5) is 5.82 Å². The van der Waals surface area contributed by atoms with Crippen LogP contribution in [0.25, 0.3) is 0 Å². The number of aromatic nitrogens is 1. The van der Waals surface area contributed by atoms with Gasteiger partial charge < -0.3 is 5.32 Å². The van der Waals surface area contributed by atoms with E-state index in [4.69, 9.17) is 23.8 Å². The predicted octanol–water partition coefficient (Wildman–Crippen LogP) is 2.79. The molecular formula is C7H7ClN2S2. The number of thiocarbonyl (C=S) groups is 1. The Labute approximate surface area is 85.7 Å². The minimum absolute atomic E-state index is 0.621. The zero-order valence-corrected chi connectivity index (χ0v) is 8.76. The fraction of sp³-hybridized carbons (Fsp3) is 0.143. The Morgan fingerprint density at radius 3 is 2.92 bits per heavy atom. The molecule has 12 heavy (non-hydrogen) atoms. The molecule has 1 aromatic heterocycles. The van der Waals surface area contributed by atoms with E-state index in [2.05, 4.69) is 10.3 Å². The fourth-order valence-electron chi connectivity index (χ4n) is 0.605. The molecule has 0 unspecified atom stereocenters. The highest BCUT2D eigenvalue weighted by molar-refractivity contribution is 8.22. The molecule has 0 aliphatic carbocycles. The minimum Gasteiger partial charge on any atom is -0.326 e. The van der Waals surface area contributed by atoms with Crippen molar-refractivity contribution < 1.29 is 0 Å². The number of thioether (sulfide) groups is 1. The van der Waals surface area contributed by atoms with Crippen LogP contribution < -0.4 is 5.32 Å². The van der Waals surface area contributed by atoms with Crippen molar-refractivity contribution >= 4 is 45.7 Å². The van der Waals surface area contributed by atoms with E-state index >= 15 is 0 Å². The summed E-state index contributed by atoms with van der Waals surface area (Å²) in [7, 11) is 0. The zero-order valence-electron chi connectivity index (χ0n) is 6.37. The van der Waals surface area contributed by atoms with Gasteiger partial charge in [0.05, 0.1) is 5.02 Å². The summed E-state index contributed by atoms with van der Waals surface area (Å²) in [6.45, 7) is 0. The average molecular weight is 219 g/mol. The van der Waals surface area contributed by atoms with E-state index in [0.717, 1.165) is 5.82 Å². The van der Waals surface area contributed by atoms with Crippen LogP contribution in [-0.4, -0.2) is 15.6 Å². The molecule has 0 aliphatic rings. The first-order valence-corrected chi connectivity index (χ1v) is 5.20. The Bertz CT molecular complexity index is 273. The Morgan fingerprint density at radius 1 is 1.67 bits per heavy atom. The third kappa shape index (κ3) is 2.97. The number of anilines is 1. The van der Waals surface area contributed by atoms with Crippen molar-refractivity contribution in [3.8, 4) is 0 Å². The highest BCUT2D eigenvalue weighted by atomic mass is 35.5. The molecule has 1 rings (SSSR count). The number of rotatable bonds is 1. The van der Waals surface area contributed by atoms with Crippen LogP contribution in [0.3, 0.4) is 0 Å². The van der Waals surface area contributed by atoms with Gasteiger partial charge in [-0.25, -0.2) is 4.98 Å². The van der Waals surface area contributed by atoms with Gasteiger partial charge >= 0.3 is 0 Å². The lowest BCUT2D eigenvalue weighted by Gasteiger charge is -2.02. The van der Waals surface area contributed by atoms with E-state index in [-0.39, 0.29) is 0 Å². The van der Waals surface area contributed by atoms with Crippen molar-refractivity contribution in [2.24, 2.45) is 0 Å². The molecule has 0 aliphatic heterocycles. The van der Waals surface area contributed by atoms with Crippen molar-refractivity contribution in [2.75, 3.05) is 11.6 Å². The number of hydrogen-bond acceptors (Lipinski definition) is 3. The molecule has 0 atom stereocenters.